The van der Waals surface area contributed by atoms with Gasteiger partial charge in [-0.15, -0.1) is 5.10 Å². The van der Waals surface area contributed by atoms with E-state index in [0.717, 1.165) is 16.5 Å². The normalized spacial score (nSPS) is 22.2. The summed E-state index contributed by atoms with van der Waals surface area (Å²) >= 11 is 0.848. The summed E-state index contributed by atoms with van der Waals surface area (Å²) in [5.74, 6) is -3.61. The molecule has 14 heteroatoms. The topological polar surface area (TPSA) is 179 Å². The third-order valence-corrected chi connectivity index (χ3v) is 5.60. The zero-order chi connectivity index (χ0) is 22.5. The summed E-state index contributed by atoms with van der Waals surface area (Å²) in [5, 5.41) is 19.5. The van der Waals surface area contributed by atoms with Gasteiger partial charge in [0.15, 0.2) is 0 Å². The third kappa shape index (κ3) is 5.02. The van der Waals surface area contributed by atoms with Crippen LogP contribution >= 0.6 is 11.5 Å². The van der Waals surface area contributed by atoms with Gasteiger partial charge in [-0.05, 0) is 30.8 Å². The first-order valence-corrected chi connectivity index (χ1v) is 10.3. The lowest BCUT2D eigenvalue weighted by Crippen LogP contribution is -2.64. The maximum atomic E-state index is 13.2. The van der Waals surface area contributed by atoms with Crippen molar-refractivity contribution in [3.63, 3.8) is 0 Å². The van der Waals surface area contributed by atoms with Crippen LogP contribution in [0.3, 0.4) is 0 Å². The number of rotatable bonds is 7. The van der Waals surface area contributed by atoms with Gasteiger partial charge >= 0.3 is 5.97 Å². The molecule has 2 fully saturated rings. The summed E-state index contributed by atoms with van der Waals surface area (Å²) in [4.78, 5) is 73.1. The highest BCUT2D eigenvalue weighted by Crippen LogP contribution is 2.25. The van der Waals surface area contributed by atoms with E-state index in [9.17, 15) is 28.8 Å². The number of carbonyl (C=O) groups excluding carboxylic acids is 5. The first-order valence-electron chi connectivity index (χ1n) is 9.51. The van der Waals surface area contributed by atoms with Crippen molar-refractivity contribution in [2.45, 2.75) is 50.2 Å². The Kier molecular flexibility index (Phi) is 6.89. The first-order chi connectivity index (χ1) is 14.8. The Hall–Kier alpha value is -3.42. The van der Waals surface area contributed by atoms with Gasteiger partial charge in [0, 0.05) is 13.0 Å². The lowest BCUT2D eigenvalue weighted by atomic mass is 10.0. The average molecular weight is 452 g/mol. The quantitative estimate of drug-likeness (QED) is 0.407. The van der Waals surface area contributed by atoms with E-state index >= 15 is 0 Å². The number of nitrogens with zero attached hydrogens (tertiary/aromatic N) is 4. The standard InChI is InChI=1S/C17H20N6O7S/c24-8-9(6-14(26)27)19-15(28)11-2-1-5-22-13(25)4-3-10(17(30)23(11)22)20-16(29)12-7-18-21-31-12/h7-11H,1-6H2,(H,19,28)(H,20,29)(H,26,27). The minimum atomic E-state index is -1.27. The fourth-order valence-corrected chi connectivity index (χ4v) is 3.92. The Bertz CT molecular complexity index is 892. The molecule has 0 radical (unpaired) electrons. The van der Waals surface area contributed by atoms with Gasteiger partial charge < -0.3 is 20.5 Å². The molecule has 0 bridgehead atoms. The molecule has 31 heavy (non-hydrogen) atoms. The Morgan fingerprint density at radius 1 is 1.32 bits per heavy atom. The monoisotopic (exact) mass is 452 g/mol. The van der Waals surface area contributed by atoms with Crippen molar-refractivity contribution in [2.24, 2.45) is 0 Å². The van der Waals surface area contributed by atoms with Crippen LogP contribution in [0.4, 0.5) is 0 Å². The number of aliphatic carboxylic acids is 1. The van der Waals surface area contributed by atoms with Crippen LogP contribution in [0.15, 0.2) is 6.20 Å². The lowest BCUT2D eigenvalue weighted by Gasteiger charge is -2.43. The number of hydrogen-bond donors (Lipinski definition) is 3. The number of carboxylic acid groups (broad SMARTS) is 1. The minimum absolute atomic E-state index is 0.0154. The minimum Gasteiger partial charge on any atom is -0.481 e. The molecule has 1 aromatic rings. The van der Waals surface area contributed by atoms with E-state index in [-0.39, 0.29) is 36.6 Å². The number of carboxylic acids is 1. The van der Waals surface area contributed by atoms with Crippen LogP contribution in [0.25, 0.3) is 0 Å². The van der Waals surface area contributed by atoms with Crippen molar-refractivity contribution in [3.05, 3.63) is 11.1 Å². The molecule has 166 valence electrons. The summed E-state index contributed by atoms with van der Waals surface area (Å²) < 4.78 is 3.59. The molecule has 2 saturated heterocycles. The van der Waals surface area contributed by atoms with Crippen molar-refractivity contribution in [3.8, 4) is 0 Å². The molecule has 0 aromatic carbocycles. The highest BCUT2D eigenvalue weighted by Gasteiger charge is 2.45. The van der Waals surface area contributed by atoms with Gasteiger partial charge in [0.25, 0.3) is 11.8 Å². The second-order valence-corrected chi connectivity index (χ2v) is 7.84. The highest BCUT2D eigenvalue weighted by atomic mass is 32.1. The Morgan fingerprint density at radius 2 is 2.10 bits per heavy atom. The number of aldehydes is 1. The number of hydrogen-bond acceptors (Lipinski definition) is 9. The van der Waals surface area contributed by atoms with Crippen molar-refractivity contribution >= 4 is 47.4 Å². The van der Waals surface area contributed by atoms with E-state index in [4.69, 9.17) is 5.11 Å². The van der Waals surface area contributed by atoms with E-state index in [1.165, 1.54) is 11.2 Å². The predicted octanol–water partition coefficient (Wildman–Crippen LogP) is -1.68. The molecule has 0 spiro atoms. The van der Waals surface area contributed by atoms with Crippen molar-refractivity contribution < 1.29 is 33.9 Å². The van der Waals surface area contributed by atoms with E-state index in [0.29, 0.717) is 12.7 Å². The summed E-state index contributed by atoms with van der Waals surface area (Å²) in [6.07, 6.45) is 1.61. The molecule has 3 atom stereocenters. The largest absolute Gasteiger partial charge is 0.481 e. The van der Waals surface area contributed by atoms with Gasteiger partial charge in [-0.3, -0.25) is 29.0 Å². The second kappa shape index (κ2) is 9.59. The highest BCUT2D eigenvalue weighted by molar-refractivity contribution is 7.07. The Morgan fingerprint density at radius 3 is 2.74 bits per heavy atom. The number of fused-ring (bicyclic) bond motifs is 1. The molecule has 2 aliphatic heterocycles. The molecular weight excluding hydrogens is 432 g/mol. The SMILES string of the molecule is O=CC(CC(=O)O)NC(=O)C1CCCN2C(=O)CCC(NC(=O)c3cnns3)C(=O)N12. The number of amides is 4. The number of nitrogens with one attached hydrogen (secondary N) is 2. The molecule has 3 unspecified atom stereocenters. The molecule has 2 aliphatic rings. The molecular formula is C17H20N6O7S. The molecule has 3 N–H and O–H groups in total. The van der Waals surface area contributed by atoms with Gasteiger partial charge in [-0.1, -0.05) is 4.49 Å². The van der Waals surface area contributed by atoms with Crippen LogP contribution in [-0.2, 0) is 24.0 Å². The molecule has 4 amide bonds. The van der Waals surface area contributed by atoms with Crippen LogP contribution in [0.2, 0.25) is 0 Å². The average Bonchev–Trinajstić information content (AvgIpc) is 3.25. The predicted molar refractivity (Wildman–Crippen MR) is 102 cm³/mol. The fourth-order valence-electron chi connectivity index (χ4n) is 3.50. The Balaban J connectivity index is 1.80. The molecule has 0 saturated carbocycles. The van der Waals surface area contributed by atoms with Crippen LogP contribution in [0.5, 0.6) is 0 Å². The molecule has 0 aliphatic carbocycles. The van der Waals surface area contributed by atoms with Gasteiger partial charge in [-0.2, -0.15) is 0 Å². The van der Waals surface area contributed by atoms with Gasteiger partial charge in [0.1, 0.15) is 23.2 Å². The number of hydrazine groups is 1. The van der Waals surface area contributed by atoms with Gasteiger partial charge in [0.2, 0.25) is 11.8 Å². The fraction of sp³-hybridized carbons (Fsp3) is 0.529. The van der Waals surface area contributed by atoms with Gasteiger partial charge in [0.05, 0.1) is 18.7 Å². The first kappa shape index (κ1) is 22.3. The zero-order valence-electron chi connectivity index (χ0n) is 16.2. The van der Waals surface area contributed by atoms with E-state index < -0.39 is 48.2 Å². The lowest BCUT2D eigenvalue weighted by molar-refractivity contribution is -0.176. The molecule has 1 aromatic heterocycles. The maximum Gasteiger partial charge on any atom is 0.305 e. The van der Waals surface area contributed by atoms with Crippen molar-refractivity contribution in [1.29, 1.82) is 0 Å². The second-order valence-electron chi connectivity index (χ2n) is 7.05. The Labute approximate surface area is 179 Å². The third-order valence-electron chi connectivity index (χ3n) is 4.94. The summed E-state index contributed by atoms with van der Waals surface area (Å²) in [5.41, 5.74) is 0. The molecule has 3 heterocycles. The summed E-state index contributed by atoms with van der Waals surface area (Å²) in [6.45, 7) is 0.222. The number of carbonyl (C=O) groups is 6. The van der Waals surface area contributed by atoms with Crippen molar-refractivity contribution in [2.75, 3.05) is 6.54 Å². The van der Waals surface area contributed by atoms with Crippen molar-refractivity contribution in [1.82, 2.24) is 30.2 Å². The molecule has 13 nitrogen and oxygen atoms in total. The van der Waals surface area contributed by atoms with E-state index in [1.807, 2.05) is 0 Å². The maximum absolute atomic E-state index is 13.2. The van der Waals surface area contributed by atoms with Crippen LogP contribution < -0.4 is 10.6 Å². The van der Waals surface area contributed by atoms with Gasteiger partial charge in [-0.25, -0.2) is 5.01 Å². The summed E-state index contributed by atoms with van der Waals surface area (Å²) in [6, 6.07) is -3.45. The summed E-state index contributed by atoms with van der Waals surface area (Å²) in [7, 11) is 0. The smallest absolute Gasteiger partial charge is 0.305 e. The van der Waals surface area contributed by atoms with Crippen LogP contribution in [0.1, 0.15) is 41.8 Å². The zero-order valence-corrected chi connectivity index (χ0v) is 17.0. The number of aromatic nitrogens is 2. The van der Waals surface area contributed by atoms with Crippen LogP contribution in [0, 0.1) is 0 Å². The van der Waals surface area contributed by atoms with E-state index in [1.54, 1.807) is 0 Å². The van der Waals surface area contributed by atoms with Crippen LogP contribution in [-0.4, -0.2) is 85.3 Å². The van der Waals surface area contributed by atoms with E-state index in [2.05, 4.69) is 20.2 Å². The molecule has 3 rings (SSSR count).